The Kier molecular flexibility index (Phi) is 6.70. The fourth-order valence-corrected chi connectivity index (χ4v) is 6.20. The molecule has 2 N–H and O–H groups in total. The third kappa shape index (κ3) is 4.76. The van der Waals surface area contributed by atoms with Crippen LogP contribution in [0.2, 0.25) is 0 Å². The van der Waals surface area contributed by atoms with E-state index in [9.17, 15) is 10.4 Å². The Balaban J connectivity index is 1.15. The van der Waals surface area contributed by atoms with Crippen molar-refractivity contribution in [2.24, 2.45) is 0 Å². The second-order valence-corrected chi connectivity index (χ2v) is 10.5. The maximum Gasteiger partial charge on any atom is 0.101 e. The Morgan fingerprint density at radius 3 is 2.86 bits per heavy atom. The number of morpholine rings is 1. The Labute approximate surface area is 218 Å². The number of benzene rings is 2. The monoisotopic (exact) mass is 498 g/mol. The molecule has 2 fully saturated rings. The zero-order valence-electron chi connectivity index (χ0n) is 21.3. The van der Waals surface area contributed by atoms with E-state index in [2.05, 4.69) is 56.2 Å². The van der Waals surface area contributed by atoms with Gasteiger partial charge < -0.3 is 25.0 Å². The Hall–Kier alpha value is -3.22. The molecule has 4 heterocycles. The van der Waals surface area contributed by atoms with Gasteiger partial charge in [0.05, 0.1) is 35.9 Å². The van der Waals surface area contributed by atoms with Crippen LogP contribution in [0, 0.1) is 11.3 Å². The van der Waals surface area contributed by atoms with Crippen molar-refractivity contribution in [1.82, 2.24) is 15.2 Å². The summed E-state index contributed by atoms with van der Waals surface area (Å²) in [5, 5.41) is 24.2. The molecule has 0 bridgehead atoms. The third-order valence-electron chi connectivity index (χ3n) is 7.93. The molecule has 0 saturated carbocycles. The first-order valence-corrected chi connectivity index (χ1v) is 13.2. The molecule has 0 amide bonds. The molecule has 8 nitrogen and oxygen atoms in total. The van der Waals surface area contributed by atoms with Crippen LogP contribution < -0.4 is 15.1 Å². The van der Waals surface area contributed by atoms with Gasteiger partial charge in [0.2, 0.25) is 0 Å². The molecular weight excluding hydrogens is 464 g/mol. The highest BCUT2D eigenvalue weighted by atomic mass is 16.5. The number of pyridine rings is 1. The maximum absolute atomic E-state index is 10.3. The molecule has 0 unspecified atom stereocenters. The van der Waals surface area contributed by atoms with Crippen LogP contribution in [-0.4, -0.2) is 79.1 Å². The van der Waals surface area contributed by atoms with E-state index in [1.807, 2.05) is 24.3 Å². The van der Waals surface area contributed by atoms with Gasteiger partial charge in [0, 0.05) is 75.3 Å². The molecule has 6 rings (SSSR count). The van der Waals surface area contributed by atoms with E-state index in [4.69, 9.17) is 4.74 Å². The van der Waals surface area contributed by atoms with Gasteiger partial charge in [-0.15, -0.1) is 0 Å². The van der Waals surface area contributed by atoms with Gasteiger partial charge in [0.25, 0.3) is 0 Å². The van der Waals surface area contributed by atoms with Crippen molar-refractivity contribution >= 4 is 22.3 Å². The van der Waals surface area contributed by atoms with E-state index < -0.39 is 0 Å². The van der Waals surface area contributed by atoms with Crippen molar-refractivity contribution in [3.05, 3.63) is 65.4 Å². The summed E-state index contributed by atoms with van der Waals surface area (Å²) in [4.78, 5) is 11.7. The van der Waals surface area contributed by atoms with Crippen LogP contribution in [0.1, 0.15) is 23.6 Å². The van der Waals surface area contributed by atoms with Crippen LogP contribution in [0.25, 0.3) is 10.9 Å². The quantitative estimate of drug-likeness (QED) is 0.555. The summed E-state index contributed by atoms with van der Waals surface area (Å²) in [6, 6.07) is 16.9. The molecule has 3 aliphatic heterocycles. The number of nitrogens with zero attached hydrogens (tertiary/aromatic N) is 5. The first-order valence-electron chi connectivity index (χ1n) is 13.2. The van der Waals surface area contributed by atoms with Crippen molar-refractivity contribution in [2.75, 3.05) is 55.7 Å². The van der Waals surface area contributed by atoms with Gasteiger partial charge in [-0.25, -0.2) is 0 Å². The molecule has 192 valence electrons. The van der Waals surface area contributed by atoms with E-state index in [1.165, 1.54) is 16.8 Å². The fourth-order valence-electron chi connectivity index (χ4n) is 6.20. The standard InChI is InChI=1S/C29H34N6O2/c1-20-15-34(28-7-5-21(12-30)29-27(28)3-2-8-32-29)18-26(37-20)17-33-9-10-35(25(16-33)19-36)24-6-4-22-13-31-14-23(22)11-24/h2-8,11,20,25-26,31,36H,9-10,13-19H2,1H3/t20-,25-,26+/m1/s1. The number of hydrogen-bond acceptors (Lipinski definition) is 8. The fraction of sp³-hybridized carbons (Fsp3) is 0.448. The molecule has 3 aliphatic rings. The lowest BCUT2D eigenvalue weighted by Gasteiger charge is -2.45. The van der Waals surface area contributed by atoms with E-state index in [-0.39, 0.29) is 24.9 Å². The lowest BCUT2D eigenvalue weighted by molar-refractivity contribution is -0.0351. The van der Waals surface area contributed by atoms with Crippen LogP contribution in [-0.2, 0) is 17.8 Å². The summed E-state index contributed by atoms with van der Waals surface area (Å²) < 4.78 is 6.39. The highest BCUT2D eigenvalue weighted by molar-refractivity contribution is 5.95. The SMILES string of the molecule is C[C@@H]1CN(c2ccc(C#N)c3ncccc23)C[C@H](CN2CCN(c3ccc4c(c3)CNC4)[C@@H](CO)C2)O1. The van der Waals surface area contributed by atoms with Gasteiger partial charge >= 0.3 is 0 Å². The topological polar surface area (TPSA) is 87.9 Å². The lowest BCUT2D eigenvalue weighted by atomic mass is 10.0. The van der Waals surface area contributed by atoms with Crippen LogP contribution in [0.5, 0.6) is 0 Å². The highest BCUT2D eigenvalue weighted by Crippen LogP contribution is 2.31. The van der Waals surface area contributed by atoms with E-state index >= 15 is 0 Å². The number of aromatic nitrogens is 1. The van der Waals surface area contributed by atoms with E-state index in [1.54, 1.807) is 6.20 Å². The van der Waals surface area contributed by atoms with Gasteiger partial charge in [-0.2, -0.15) is 5.26 Å². The molecule has 0 spiro atoms. The number of hydrogen-bond donors (Lipinski definition) is 2. The molecular formula is C29H34N6O2. The smallest absolute Gasteiger partial charge is 0.101 e. The van der Waals surface area contributed by atoms with Gasteiger partial charge in [-0.3, -0.25) is 9.88 Å². The maximum atomic E-state index is 10.3. The molecule has 2 saturated heterocycles. The van der Waals surface area contributed by atoms with Gasteiger partial charge in [0.15, 0.2) is 0 Å². The lowest BCUT2D eigenvalue weighted by Crippen LogP contribution is -2.58. The predicted molar refractivity (Wildman–Crippen MR) is 145 cm³/mol. The number of rotatable bonds is 5. The van der Waals surface area contributed by atoms with Crippen LogP contribution in [0.4, 0.5) is 11.4 Å². The summed E-state index contributed by atoms with van der Waals surface area (Å²) >= 11 is 0. The highest BCUT2D eigenvalue weighted by Gasteiger charge is 2.32. The zero-order valence-corrected chi connectivity index (χ0v) is 21.3. The normalized spacial score (nSPS) is 24.3. The summed E-state index contributed by atoms with van der Waals surface area (Å²) in [5.41, 5.74) is 6.41. The second-order valence-electron chi connectivity index (χ2n) is 10.5. The number of aliphatic hydroxyl groups excluding tert-OH is 1. The van der Waals surface area contributed by atoms with Crippen molar-refractivity contribution in [1.29, 1.82) is 5.26 Å². The van der Waals surface area contributed by atoms with Crippen LogP contribution in [0.15, 0.2) is 48.7 Å². The van der Waals surface area contributed by atoms with Crippen molar-refractivity contribution < 1.29 is 9.84 Å². The van der Waals surface area contributed by atoms with Gasteiger partial charge in [0.1, 0.15) is 6.07 Å². The molecule has 3 aromatic rings. The number of ether oxygens (including phenoxy) is 1. The minimum Gasteiger partial charge on any atom is -0.394 e. The predicted octanol–water partition coefficient (Wildman–Crippen LogP) is 2.49. The average molecular weight is 499 g/mol. The first-order chi connectivity index (χ1) is 18.1. The molecule has 0 radical (unpaired) electrons. The summed E-state index contributed by atoms with van der Waals surface area (Å²) in [7, 11) is 0. The molecule has 37 heavy (non-hydrogen) atoms. The molecule has 8 heteroatoms. The third-order valence-corrected chi connectivity index (χ3v) is 7.93. The van der Waals surface area contributed by atoms with E-state index in [0.29, 0.717) is 5.56 Å². The van der Waals surface area contributed by atoms with Gasteiger partial charge in [-0.1, -0.05) is 6.07 Å². The Morgan fingerprint density at radius 1 is 1.11 bits per heavy atom. The molecule has 2 aromatic carbocycles. The largest absolute Gasteiger partial charge is 0.394 e. The summed E-state index contributed by atoms with van der Waals surface area (Å²) in [6.07, 6.45) is 1.90. The van der Waals surface area contributed by atoms with E-state index in [0.717, 1.165) is 68.9 Å². The summed E-state index contributed by atoms with van der Waals surface area (Å²) in [5.74, 6) is 0. The summed E-state index contributed by atoms with van der Waals surface area (Å²) in [6.45, 7) is 9.15. The number of nitriles is 1. The number of aliphatic hydroxyl groups is 1. The number of anilines is 2. The minimum absolute atomic E-state index is 0.0584. The molecule has 0 aliphatic carbocycles. The van der Waals surface area contributed by atoms with Gasteiger partial charge in [-0.05, 0) is 54.4 Å². The number of piperazine rings is 1. The zero-order chi connectivity index (χ0) is 25.4. The Morgan fingerprint density at radius 2 is 2.00 bits per heavy atom. The van der Waals surface area contributed by atoms with Crippen molar-refractivity contribution in [3.8, 4) is 6.07 Å². The number of nitrogens with one attached hydrogen (secondary N) is 1. The second kappa shape index (κ2) is 10.3. The molecule has 1 aromatic heterocycles. The van der Waals surface area contributed by atoms with Crippen LogP contribution >= 0.6 is 0 Å². The number of fused-ring (bicyclic) bond motifs is 2. The Bertz CT molecular complexity index is 1320. The van der Waals surface area contributed by atoms with Crippen molar-refractivity contribution in [2.45, 2.75) is 38.3 Å². The van der Waals surface area contributed by atoms with Crippen molar-refractivity contribution in [3.63, 3.8) is 0 Å². The van der Waals surface area contributed by atoms with Crippen LogP contribution in [0.3, 0.4) is 0 Å². The molecule has 3 atom stereocenters. The average Bonchev–Trinajstić information content (AvgIpc) is 3.40. The first kappa shape index (κ1) is 24.1. The minimum atomic E-state index is 0.0584.